The SMILES string of the molecule is C[C@@H]1CN(CC(Oc2ccc(S(N)(=O)=O)cc2)c2ccccc2)CCN1. The molecule has 2 atom stereocenters. The van der Waals surface area contributed by atoms with Crippen LogP contribution in [0.4, 0.5) is 0 Å². The minimum atomic E-state index is -3.70. The molecular formula is C19H25N3O3S. The Labute approximate surface area is 155 Å². The van der Waals surface area contributed by atoms with Crippen molar-refractivity contribution >= 4 is 10.0 Å². The van der Waals surface area contributed by atoms with E-state index in [2.05, 4.69) is 29.3 Å². The summed E-state index contributed by atoms with van der Waals surface area (Å²) in [6.45, 7) is 5.85. The van der Waals surface area contributed by atoms with Gasteiger partial charge in [0.05, 0.1) is 4.90 Å². The maximum absolute atomic E-state index is 11.4. The Morgan fingerprint density at radius 1 is 1.19 bits per heavy atom. The lowest BCUT2D eigenvalue weighted by Crippen LogP contribution is -2.50. The Morgan fingerprint density at radius 3 is 2.50 bits per heavy atom. The van der Waals surface area contributed by atoms with E-state index in [0.717, 1.165) is 31.7 Å². The molecule has 0 aromatic heterocycles. The molecule has 0 saturated carbocycles. The van der Waals surface area contributed by atoms with Crippen LogP contribution in [0.5, 0.6) is 5.75 Å². The number of primary sulfonamides is 1. The fourth-order valence-electron chi connectivity index (χ4n) is 3.16. The summed E-state index contributed by atoms with van der Waals surface area (Å²) in [6.07, 6.45) is -0.137. The van der Waals surface area contributed by atoms with Crippen LogP contribution in [0.15, 0.2) is 59.5 Å². The van der Waals surface area contributed by atoms with Crippen LogP contribution in [0.1, 0.15) is 18.6 Å². The summed E-state index contributed by atoms with van der Waals surface area (Å²) in [6, 6.07) is 16.8. The van der Waals surface area contributed by atoms with Crippen LogP contribution in [0.2, 0.25) is 0 Å². The summed E-state index contributed by atoms with van der Waals surface area (Å²) >= 11 is 0. The molecule has 1 aliphatic heterocycles. The second-order valence-electron chi connectivity index (χ2n) is 6.65. The summed E-state index contributed by atoms with van der Waals surface area (Å²) in [7, 11) is -3.70. The van der Waals surface area contributed by atoms with Crippen LogP contribution in [-0.4, -0.2) is 45.5 Å². The highest BCUT2D eigenvalue weighted by Crippen LogP contribution is 2.24. The number of hydrogen-bond acceptors (Lipinski definition) is 5. The molecule has 0 radical (unpaired) electrons. The second-order valence-corrected chi connectivity index (χ2v) is 8.21. The van der Waals surface area contributed by atoms with Crippen molar-refractivity contribution in [2.45, 2.75) is 24.0 Å². The van der Waals surface area contributed by atoms with Gasteiger partial charge in [-0.15, -0.1) is 0 Å². The summed E-state index contributed by atoms with van der Waals surface area (Å²) in [5.74, 6) is 0.620. The molecule has 2 aromatic carbocycles. The Hall–Kier alpha value is -1.93. The molecule has 1 aliphatic rings. The van der Waals surface area contributed by atoms with E-state index in [1.807, 2.05) is 18.2 Å². The fraction of sp³-hybridized carbons (Fsp3) is 0.368. The molecule has 0 bridgehead atoms. The lowest BCUT2D eigenvalue weighted by molar-refractivity contribution is 0.113. The molecule has 2 aromatic rings. The lowest BCUT2D eigenvalue weighted by atomic mass is 10.1. The number of nitrogens with two attached hydrogens (primary N) is 1. The molecule has 0 aliphatic carbocycles. The van der Waals surface area contributed by atoms with Crippen LogP contribution in [0.3, 0.4) is 0 Å². The molecule has 1 saturated heterocycles. The first-order valence-electron chi connectivity index (χ1n) is 8.72. The number of benzene rings is 2. The zero-order valence-electron chi connectivity index (χ0n) is 14.8. The van der Waals surface area contributed by atoms with E-state index in [1.54, 1.807) is 12.1 Å². The van der Waals surface area contributed by atoms with Crippen LogP contribution in [0, 0.1) is 0 Å². The highest BCUT2D eigenvalue weighted by atomic mass is 32.2. The summed E-state index contributed by atoms with van der Waals surface area (Å²) in [5.41, 5.74) is 1.09. The summed E-state index contributed by atoms with van der Waals surface area (Å²) < 4.78 is 29.0. The molecule has 1 heterocycles. The van der Waals surface area contributed by atoms with Crippen LogP contribution < -0.4 is 15.2 Å². The van der Waals surface area contributed by atoms with Crippen molar-refractivity contribution in [3.63, 3.8) is 0 Å². The quantitative estimate of drug-likeness (QED) is 0.803. The summed E-state index contributed by atoms with van der Waals surface area (Å²) in [4.78, 5) is 2.47. The number of rotatable bonds is 6. The van der Waals surface area contributed by atoms with E-state index in [1.165, 1.54) is 12.1 Å². The minimum absolute atomic E-state index is 0.0806. The fourth-order valence-corrected chi connectivity index (χ4v) is 3.68. The third kappa shape index (κ3) is 5.04. The standard InChI is InChI=1S/C19H25N3O3S/c1-15-13-22(12-11-21-15)14-19(16-5-3-2-4-6-16)25-17-7-9-18(10-8-17)26(20,23)24/h2-10,15,19,21H,11-14H2,1H3,(H2,20,23,24)/t15-,19?/m1/s1. The van der Waals surface area contributed by atoms with E-state index >= 15 is 0 Å². The van der Waals surface area contributed by atoms with Crippen molar-refractivity contribution in [1.82, 2.24) is 10.2 Å². The normalized spacial score (nSPS) is 19.8. The van der Waals surface area contributed by atoms with Gasteiger partial charge in [-0.3, -0.25) is 4.90 Å². The first-order valence-corrected chi connectivity index (χ1v) is 10.3. The first-order chi connectivity index (χ1) is 12.4. The Morgan fingerprint density at radius 2 is 1.88 bits per heavy atom. The van der Waals surface area contributed by atoms with Crippen molar-refractivity contribution in [2.75, 3.05) is 26.2 Å². The van der Waals surface area contributed by atoms with Crippen LogP contribution in [0.25, 0.3) is 0 Å². The Bertz CT molecular complexity index is 810. The number of piperazine rings is 1. The third-order valence-electron chi connectivity index (χ3n) is 4.48. The number of nitrogens with zero attached hydrogens (tertiary/aromatic N) is 1. The zero-order chi connectivity index (χ0) is 18.6. The molecule has 1 unspecified atom stereocenters. The highest BCUT2D eigenvalue weighted by Gasteiger charge is 2.22. The number of sulfonamides is 1. The van der Waals surface area contributed by atoms with E-state index in [-0.39, 0.29) is 11.0 Å². The van der Waals surface area contributed by atoms with Gasteiger partial charge in [-0.25, -0.2) is 13.6 Å². The Balaban J connectivity index is 1.77. The lowest BCUT2D eigenvalue weighted by Gasteiger charge is -2.34. The van der Waals surface area contributed by atoms with Gasteiger partial charge in [-0.1, -0.05) is 30.3 Å². The van der Waals surface area contributed by atoms with Gasteiger partial charge >= 0.3 is 0 Å². The van der Waals surface area contributed by atoms with E-state index < -0.39 is 10.0 Å². The van der Waals surface area contributed by atoms with Crippen molar-refractivity contribution in [3.8, 4) is 5.75 Å². The topological polar surface area (TPSA) is 84.7 Å². The van der Waals surface area contributed by atoms with Crippen LogP contribution in [-0.2, 0) is 10.0 Å². The molecule has 3 N–H and O–H groups in total. The van der Waals surface area contributed by atoms with Gasteiger partial charge in [0.2, 0.25) is 10.0 Å². The van der Waals surface area contributed by atoms with Crippen molar-refractivity contribution in [2.24, 2.45) is 5.14 Å². The van der Waals surface area contributed by atoms with Crippen molar-refractivity contribution in [3.05, 3.63) is 60.2 Å². The predicted octanol–water partition coefficient (Wildman–Crippen LogP) is 1.75. The van der Waals surface area contributed by atoms with E-state index in [4.69, 9.17) is 9.88 Å². The van der Waals surface area contributed by atoms with Gasteiger partial charge in [0.1, 0.15) is 11.9 Å². The molecule has 3 rings (SSSR count). The van der Waals surface area contributed by atoms with E-state index in [0.29, 0.717) is 11.8 Å². The molecule has 26 heavy (non-hydrogen) atoms. The zero-order valence-corrected chi connectivity index (χ0v) is 15.7. The first kappa shape index (κ1) is 18.8. The molecule has 140 valence electrons. The molecule has 0 spiro atoms. The molecule has 7 heteroatoms. The largest absolute Gasteiger partial charge is 0.484 e. The predicted molar refractivity (Wildman–Crippen MR) is 102 cm³/mol. The second kappa shape index (κ2) is 8.18. The minimum Gasteiger partial charge on any atom is -0.484 e. The smallest absolute Gasteiger partial charge is 0.238 e. The van der Waals surface area contributed by atoms with Crippen LogP contribution >= 0.6 is 0 Å². The van der Waals surface area contributed by atoms with Gasteiger partial charge in [0.15, 0.2) is 0 Å². The van der Waals surface area contributed by atoms with Gasteiger partial charge in [-0.2, -0.15) is 0 Å². The molecule has 1 fully saturated rings. The maximum Gasteiger partial charge on any atom is 0.238 e. The summed E-state index contributed by atoms with van der Waals surface area (Å²) in [5, 5.41) is 8.60. The van der Waals surface area contributed by atoms with E-state index in [9.17, 15) is 8.42 Å². The Kier molecular flexibility index (Phi) is 5.93. The van der Waals surface area contributed by atoms with Gasteiger partial charge in [0, 0.05) is 32.2 Å². The van der Waals surface area contributed by atoms with Gasteiger partial charge < -0.3 is 10.1 Å². The van der Waals surface area contributed by atoms with Gasteiger partial charge in [-0.05, 0) is 36.8 Å². The van der Waals surface area contributed by atoms with Gasteiger partial charge in [0.25, 0.3) is 0 Å². The highest BCUT2D eigenvalue weighted by molar-refractivity contribution is 7.89. The number of ether oxygens (including phenoxy) is 1. The molecular weight excluding hydrogens is 350 g/mol. The molecule has 0 amide bonds. The van der Waals surface area contributed by atoms with Crippen molar-refractivity contribution < 1.29 is 13.2 Å². The maximum atomic E-state index is 11.4. The third-order valence-corrected chi connectivity index (χ3v) is 5.41. The molecule has 6 nitrogen and oxygen atoms in total. The van der Waals surface area contributed by atoms with Crippen molar-refractivity contribution in [1.29, 1.82) is 0 Å². The number of hydrogen-bond donors (Lipinski definition) is 2. The average Bonchev–Trinajstić information content (AvgIpc) is 2.62. The number of nitrogens with one attached hydrogen (secondary N) is 1. The monoisotopic (exact) mass is 375 g/mol. The average molecular weight is 375 g/mol.